The van der Waals surface area contributed by atoms with Crippen molar-refractivity contribution in [2.75, 3.05) is 11.4 Å². The maximum Gasteiger partial charge on any atom is 0.322 e. The third kappa shape index (κ3) is 2.44. The van der Waals surface area contributed by atoms with Gasteiger partial charge in [0.05, 0.1) is 6.54 Å². The number of amides is 2. The minimum atomic E-state index is -0.0984. The number of fused-ring (bicyclic) bond motifs is 2. The van der Waals surface area contributed by atoms with Crippen LogP contribution in [-0.2, 0) is 13.0 Å². The zero-order chi connectivity index (χ0) is 15.8. The minimum Gasteiger partial charge on any atom is -0.356 e. The molecule has 3 aromatic rings. The van der Waals surface area contributed by atoms with Gasteiger partial charge in [-0.25, -0.2) is 4.79 Å². The number of para-hydroxylation sites is 1. The molecule has 0 fully saturated rings. The highest BCUT2D eigenvalue weighted by Crippen LogP contribution is 2.27. The normalized spacial score (nSPS) is 13.3. The third-order valence-electron chi connectivity index (χ3n) is 4.24. The summed E-state index contributed by atoms with van der Waals surface area (Å²) in [7, 11) is 0. The van der Waals surface area contributed by atoms with E-state index < -0.39 is 0 Å². The van der Waals surface area contributed by atoms with Crippen LogP contribution in [0.3, 0.4) is 0 Å². The van der Waals surface area contributed by atoms with Crippen molar-refractivity contribution < 1.29 is 9.32 Å². The molecule has 0 unspecified atom stereocenters. The maximum atomic E-state index is 12.5. The van der Waals surface area contributed by atoms with Crippen molar-refractivity contribution in [2.45, 2.75) is 19.9 Å². The predicted octanol–water partition coefficient (Wildman–Crippen LogP) is 3.41. The molecule has 2 heterocycles. The summed E-state index contributed by atoms with van der Waals surface area (Å²) >= 11 is 0. The Labute approximate surface area is 133 Å². The standard InChI is InChI=1S/C18H17N3O2/c1-12-6-7-17-14(10-12)15(20-23-17)11-19-18(22)21-9-8-13-4-2-3-5-16(13)21/h2-7,10H,8-9,11H2,1H3,(H,19,22). The molecule has 5 nitrogen and oxygen atoms in total. The zero-order valence-electron chi connectivity index (χ0n) is 12.9. The number of aromatic nitrogens is 1. The summed E-state index contributed by atoms with van der Waals surface area (Å²) in [6, 6.07) is 13.8. The van der Waals surface area contributed by atoms with Gasteiger partial charge in [-0.2, -0.15) is 0 Å². The van der Waals surface area contributed by atoms with Crippen LogP contribution in [0.2, 0.25) is 0 Å². The molecule has 2 amide bonds. The Morgan fingerprint density at radius 1 is 1.30 bits per heavy atom. The summed E-state index contributed by atoms with van der Waals surface area (Å²) in [6.45, 7) is 3.09. The molecule has 23 heavy (non-hydrogen) atoms. The quantitative estimate of drug-likeness (QED) is 0.789. The lowest BCUT2D eigenvalue weighted by Gasteiger charge is -2.17. The second-order valence-corrected chi connectivity index (χ2v) is 5.82. The van der Waals surface area contributed by atoms with E-state index in [0.29, 0.717) is 13.1 Å². The van der Waals surface area contributed by atoms with Crippen LogP contribution in [0.4, 0.5) is 10.5 Å². The number of aryl methyl sites for hydroxylation is 1. The Bertz CT molecular complexity index is 885. The summed E-state index contributed by atoms with van der Waals surface area (Å²) < 4.78 is 5.30. The van der Waals surface area contributed by atoms with Crippen LogP contribution in [0.25, 0.3) is 11.0 Å². The van der Waals surface area contributed by atoms with Crippen molar-refractivity contribution in [1.29, 1.82) is 0 Å². The van der Waals surface area contributed by atoms with E-state index in [4.69, 9.17) is 4.52 Å². The number of anilines is 1. The molecular formula is C18H17N3O2. The molecule has 0 radical (unpaired) electrons. The molecule has 116 valence electrons. The SMILES string of the molecule is Cc1ccc2onc(CNC(=O)N3CCc4ccccc43)c2c1. The smallest absolute Gasteiger partial charge is 0.322 e. The number of nitrogens with zero attached hydrogens (tertiary/aromatic N) is 2. The third-order valence-corrected chi connectivity index (χ3v) is 4.24. The number of rotatable bonds is 2. The second kappa shape index (κ2) is 5.43. The van der Waals surface area contributed by atoms with Crippen LogP contribution in [0.5, 0.6) is 0 Å². The van der Waals surface area contributed by atoms with Crippen LogP contribution in [0.1, 0.15) is 16.8 Å². The van der Waals surface area contributed by atoms with Gasteiger partial charge in [0.1, 0.15) is 5.69 Å². The van der Waals surface area contributed by atoms with Crippen molar-refractivity contribution in [3.8, 4) is 0 Å². The Morgan fingerprint density at radius 2 is 2.17 bits per heavy atom. The zero-order valence-corrected chi connectivity index (χ0v) is 12.9. The number of carbonyl (C=O) groups is 1. The summed E-state index contributed by atoms with van der Waals surface area (Å²) in [5.74, 6) is 0. The van der Waals surface area contributed by atoms with Gasteiger partial charge in [0, 0.05) is 17.6 Å². The van der Waals surface area contributed by atoms with E-state index in [2.05, 4.69) is 16.5 Å². The topological polar surface area (TPSA) is 58.4 Å². The number of hydrogen-bond acceptors (Lipinski definition) is 3. The average molecular weight is 307 g/mol. The molecule has 1 N–H and O–H groups in total. The van der Waals surface area contributed by atoms with Gasteiger partial charge in [-0.3, -0.25) is 4.90 Å². The van der Waals surface area contributed by atoms with E-state index in [9.17, 15) is 4.79 Å². The van der Waals surface area contributed by atoms with E-state index in [1.807, 2.05) is 43.3 Å². The molecule has 2 aromatic carbocycles. The lowest BCUT2D eigenvalue weighted by atomic mass is 10.1. The fraction of sp³-hybridized carbons (Fsp3) is 0.222. The summed E-state index contributed by atoms with van der Waals surface area (Å²) in [4.78, 5) is 14.2. The van der Waals surface area contributed by atoms with Crippen LogP contribution in [0, 0.1) is 6.92 Å². The van der Waals surface area contributed by atoms with Crippen LogP contribution >= 0.6 is 0 Å². The number of urea groups is 1. The van der Waals surface area contributed by atoms with Crippen LogP contribution < -0.4 is 10.2 Å². The Morgan fingerprint density at radius 3 is 3.09 bits per heavy atom. The molecule has 4 rings (SSSR count). The first-order valence-corrected chi connectivity index (χ1v) is 7.70. The summed E-state index contributed by atoms with van der Waals surface area (Å²) in [5.41, 5.74) is 4.84. The molecule has 0 bridgehead atoms. The fourth-order valence-corrected chi connectivity index (χ4v) is 3.03. The summed E-state index contributed by atoms with van der Waals surface area (Å²) in [5, 5.41) is 7.97. The molecule has 1 aliphatic rings. The molecule has 0 atom stereocenters. The van der Waals surface area contributed by atoms with Gasteiger partial charge < -0.3 is 9.84 Å². The Hall–Kier alpha value is -2.82. The lowest BCUT2D eigenvalue weighted by Crippen LogP contribution is -2.38. The molecule has 5 heteroatoms. The highest BCUT2D eigenvalue weighted by atomic mass is 16.5. The molecule has 0 aliphatic carbocycles. The van der Waals surface area contributed by atoms with Crippen molar-refractivity contribution in [3.05, 3.63) is 59.3 Å². The second-order valence-electron chi connectivity index (χ2n) is 5.82. The van der Waals surface area contributed by atoms with Crippen LogP contribution in [0.15, 0.2) is 47.0 Å². The number of nitrogens with one attached hydrogen (secondary N) is 1. The molecule has 0 spiro atoms. The van der Waals surface area contributed by atoms with E-state index in [1.54, 1.807) is 4.90 Å². The first-order valence-electron chi connectivity index (χ1n) is 7.70. The largest absolute Gasteiger partial charge is 0.356 e. The molecule has 0 saturated carbocycles. The van der Waals surface area contributed by atoms with E-state index in [-0.39, 0.29) is 6.03 Å². The van der Waals surface area contributed by atoms with Crippen molar-refractivity contribution in [3.63, 3.8) is 0 Å². The minimum absolute atomic E-state index is 0.0984. The average Bonchev–Trinajstić information content (AvgIpc) is 3.16. The number of benzene rings is 2. The van der Waals surface area contributed by atoms with E-state index in [0.717, 1.165) is 34.3 Å². The first-order chi connectivity index (χ1) is 11.2. The van der Waals surface area contributed by atoms with E-state index in [1.165, 1.54) is 5.56 Å². The lowest BCUT2D eigenvalue weighted by molar-refractivity contribution is 0.246. The highest BCUT2D eigenvalue weighted by Gasteiger charge is 2.24. The molecular weight excluding hydrogens is 290 g/mol. The van der Waals surface area contributed by atoms with Crippen molar-refractivity contribution in [1.82, 2.24) is 10.5 Å². The Kier molecular flexibility index (Phi) is 3.26. The molecule has 1 aliphatic heterocycles. The fourth-order valence-electron chi connectivity index (χ4n) is 3.03. The molecule has 0 saturated heterocycles. The van der Waals surface area contributed by atoms with Gasteiger partial charge in [-0.05, 0) is 37.1 Å². The van der Waals surface area contributed by atoms with Gasteiger partial charge in [0.25, 0.3) is 0 Å². The van der Waals surface area contributed by atoms with Gasteiger partial charge >= 0.3 is 6.03 Å². The summed E-state index contributed by atoms with van der Waals surface area (Å²) in [6.07, 6.45) is 0.898. The highest BCUT2D eigenvalue weighted by molar-refractivity contribution is 5.94. The Balaban J connectivity index is 1.51. The van der Waals surface area contributed by atoms with Gasteiger partial charge in [0.2, 0.25) is 0 Å². The van der Waals surface area contributed by atoms with Crippen molar-refractivity contribution in [2.24, 2.45) is 0 Å². The van der Waals surface area contributed by atoms with Crippen molar-refractivity contribution >= 4 is 22.7 Å². The number of hydrogen-bond donors (Lipinski definition) is 1. The molecule has 1 aromatic heterocycles. The van der Waals surface area contributed by atoms with Crippen LogP contribution in [-0.4, -0.2) is 17.7 Å². The van der Waals surface area contributed by atoms with Gasteiger partial charge in [0.15, 0.2) is 5.58 Å². The monoisotopic (exact) mass is 307 g/mol. The number of carbonyl (C=O) groups excluding carboxylic acids is 1. The maximum absolute atomic E-state index is 12.5. The first kappa shape index (κ1) is 13.8. The van der Waals surface area contributed by atoms with Gasteiger partial charge in [-0.15, -0.1) is 0 Å². The van der Waals surface area contributed by atoms with Gasteiger partial charge in [-0.1, -0.05) is 35.0 Å². The van der Waals surface area contributed by atoms with E-state index >= 15 is 0 Å². The predicted molar refractivity (Wildman–Crippen MR) is 88.5 cm³/mol.